The van der Waals surface area contributed by atoms with Gasteiger partial charge in [-0.05, 0) is 50.1 Å². The number of sulfonamides is 1. The zero-order chi connectivity index (χ0) is 14.6. The third-order valence-electron chi connectivity index (χ3n) is 3.52. The van der Waals surface area contributed by atoms with Crippen LogP contribution in [-0.2, 0) is 21.3 Å². The van der Waals surface area contributed by atoms with E-state index in [9.17, 15) is 8.42 Å². The van der Waals surface area contributed by atoms with Gasteiger partial charge in [-0.1, -0.05) is 6.07 Å². The Morgan fingerprint density at radius 1 is 1.40 bits per heavy atom. The fraction of sp³-hybridized carbons (Fsp3) is 0.571. The largest absolute Gasteiger partial charge is 0.377 e. The Labute approximate surface area is 120 Å². The lowest BCUT2D eigenvalue weighted by Gasteiger charge is -2.13. The average molecular weight is 298 g/mol. The summed E-state index contributed by atoms with van der Waals surface area (Å²) >= 11 is 0. The van der Waals surface area contributed by atoms with E-state index >= 15 is 0 Å². The van der Waals surface area contributed by atoms with Crippen LogP contribution >= 0.6 is 0 Å². The molecule has 1 aromatic carbocycles. The first-order valence-corrected chi connectivity index (χ1v) is 8.36. The summed E-state index contributed by atoms with van der Waals surface area (Å²) in [7, 11) is -1.62. The summed E-state index contributed by atoms with van der Waals surface area (Å²) in [6.45, 7) is 3.70. The van der Waals surface area contributed by atoms with Gasteiger partial charge < -0.3 is 10.1 Å². The van der Waals surface area contributed by atoms with Gasteiger partial charge in [-0.2, -0.15) is 0 Å². The lowest BCUT2D eigenvalue weighted by Crippen LogP contribution is -2.32. The van der Waals surface area contributed by atoms with Crippen LogP contribution in [0, 0.1) is 6.92 Å². The molecule has 1 fully saturated rings. The Kier molecular flexibility index (Phi) is 5.15. The van der Waals surface area contributed by atoms with Crippen molar-refractivity contribution in [1.29, 1.82) is 0 Å². The van der Waals surface area contributed by atoms with Crippen molar-refractivity contribution in [2.24, 2.45) is 0 Å². The molecule has 5 nitrogen and oxygen atoms in total. The minimum Gasteiger partial charge on any atom is -0.377 e. The van der Waals surface area contributed by atoms with Crippen LogP contribution < -0.4 is 10.0 Å². The van der Waals surface area contributed by atoms with Crippen molar-refractivity contribution in [2.45, 2.75) is 37.3 Å². The van der Waals surface area contributed by atoms with Gasteiger partial charge in [-0.3, -0.25) is 0 Å². The van der Waals surface area contributed by atoms with Gasteiger partial charge in [0.25, 0.3) is 0 Å². The second kappa shape index (κ2) is 6.67. The summed E-state index contributed by atoms with van der Waals surface area (Å²) in [5, 5.41) is 3.05. The number of nitrogens with one attached hydrogen (secondary N) is 2. The molecule has 1 aliphatic heterocycles. The van der Waals surface area contributed by atoms with E-state index in [1.165, 1.54) is 0 Å². The molecule has 6 heteroatoms. The molecule has 20 heavy (non-hydrogen) atoms. The van der Waals surface area contributed by atoms with Crippen LogP contribution in [0.4, 0.5) is 0 Å². The Morgan fingerprint density at radius 3 is 2.85 bits per heavy atom. The second-order valence-corrected chi connectivity index (χ2v) is 6.87. The molecule has 1 heterocycles. The standard InChI is InChI=1S/C14H22N2O3S/c1-11-5-6-14(8-12(11)9-15-2)20(17,18)16-10-13-4-3-7-19-13/h5-6,8,13,15-16H,3-4,7,9-10H2,1-2H3. The molecule has 0 spiro atoms. The molecule has 112 valence electrons. The lowest BCUT2D eigenvalue weighted by atomic mass is 10.1. The fourth-order valence-corrected chi connectivity index (χ4v) is 3.40. The summed E-state index contributed by atoms with van der Waals surface area (Å²) in [6.07, 6.45) is 1.93. The van der Waals surface area contributed by atoms with Crippen LogP contribution in [0.3, 0.4) is 0 Å². The van der Waals surface area contributed by atoms with Gasteiger partial charge >= 0.3 is 0 Å². The van der Waals surface area contributed by atoms with Crippen molar-refractivity contribution >= 4 is 10.0 Å². The maximum Gasteiger partial charge on any atom is 0.240 e. The quantitative estimate of drug-likeness (QED) is 0.827. The van der Waals surface area contributed by atoms with Crippen LogP contribution in [0.5, 0.6) is 0 Å². The number of aryl methyl sites for hydroxylation is 1. The Hall–Kier alpha value is -0.950. The molecular formula is C14H22N2O3S. The normalized spacial score (nSPS) is 19.4. The molecule has 0 radical (unpaired) electrons. The van der Waals surface area contributed by atoms with E-state index in [4.69, 9.17) is 4.74 Å². The van der Waals surface area contributed by atoms with E-state index in [0.29, 0.717) is 18.0 Å². The maximum absolute atomic E-state index is 12.3. The SMILES string of the molecule is CNCc1cc(S(=O)(=O)NCC2CCCO2)ccc1C. The van der Waals surface area contributed by atoms with Gasteiger partial charge in [0.1, 0.15) is 0 Å². The van der Waals surface area contributed by atoms with E-state index in [0.717, 1.165) is 30.6 Å². The van der Waals surface area contributed by atoms with E-state index in [-0.39, 0.29) is 6.10 Å². The molecular weight excluding hydrogens is 276 g/mol. The van der Waals surface area contributed by atoms with E-state index in [1.54, 1.807) is 12.1 Å². The highest BCUT2D eigenvalue weighted by atomic mass is 32.2. The summed E-state index contributed by atoms with van der Waals surface area (Å²) in [5.74, 6) is 0. The number of ether oxygens (including phenoxy) is 1. The molecule has 0 amide bonds. The molecule has 2 N–H and O–H groups in total. The first kappa shape index (κ1) is 15.4. The van der Waals surface area contributed by atoms with Crippen LogP contribution in [0.15, 0.2) is 23.1 Å². The van der Waals surface area contributed by atoms with Crippen LogP contribution in [-0.4, -0.2) is 34.7 Å². The van der Waals surface area contributed by atoms with Gasteiger partial charge in [0.2, 0.25) is 10.0 Å². The van der Waals surface area contributed by atoms with Crippen molar-refractivity contribution in [3.63, 3.8) is 0 Å². The molecule has 0 aliphatic carbocycles. The summed E-state index contributed by atoms with van der Waals surface area (Å²) in [5.41, 5.74) is 2.07. The van der Waals surface area contributed by atoms with Crippen molar-refractivity contribution in [1.82, 2.24) is 10.0 Å². The van der Waals surface area contributed by atoms with E-state index in [1.807, 2.05) is 20.0 Å². The van der Waals surface area contributed by atoms with Gasteiger partial charge in [0.15, 0.2) is 0 Å². The zero-order valence-electron chi connectivity index (χ0n) is 12.0. The molecule has 2 rings (SSSR count). The molecule has 1 aromatic rings. The molecule has 1 unspecified atom stereocenters. The third kappa shape index (κ3) is 3.79. The van der Waals surface area contributed by atoms with Gasteiger partial charge in [0, 0.05) is 19.7 Å². The number of rotatable bonds is 6. The Bertz CT molecular complexity index is 552. The minimum absolute atomic E-state index is 0.00648. The van der Waals surface area contributed by atoms with Crippen LogP contribution in [0.2, 0.25) is 0 Å². The Balaban J connectivity index is 2.09. The molecule has 0 aromatic heterocycles. The van der Waals surface area contributed by atoms with Crippen LogP contribution in [0.1, 0.15) is 24.0 Å². The highest BCUT2D eigenvalue weighted by Crippen LogP contribution is 2.17. The summed E-state index contributed by atoms with van der Waals surface area (Å²) in [4.78, 5) is 0.311. The monoisotopic (exact) mass is 298 g/mol. The highest BCUT2D eigenvalue weighted by molar-refractivity contribution is 7.89. The predicted molar refractivity (Wildman–Crippen MR) is 78.1 cm³/mol. The van der Waals surface area contributed by atoms with Crippen molar-refractivity contribution in [2.75, 3.05) is 20.2 Å². The smallest absolute Gasteiger partial charge is 0.240 e. The van der Waals surface area contributed by atoms with Crippen LogP contribution in [0.25, 0.3) is 0 Å². The minimum atomic E-state index is -3.46. The molecule has 1 aliphatic rings. The van der Waals surface area contributed by atoms with Crippen molar-refractivity contribution in [3.8, 4) is 0 Å². The molecule has 0 bridgehead atoms. The zero-order valence-corrected chi connectivity index (χ0v) is 12.8. The maximum atomic E-state index is 12.3. The number of benzene rings is 1. The predicted octanol–water partition coefficient (Wildman–Crippen LogP) is 1.17. The average Bonchev–Trinajstić information content (AvgIpc) is 2.92. The van der Waals surface area contributed by atoms with Gasteiger partial charge in [0.05, 0.1) is 11.0 Å². The van der Waals surface area contributed by atoms with Crippen molar-refractivity contribution < 1.29 is 13.2 Å². The first-order valence-electron chi connectivity index (χ1n) is 6.88. The lowest BCUT2D eigenvalue weighted by molar-refractivity contribution is 0.114. The highest BCUT2D eigenvalue weighted by Gasteiger charge is 2.20. The first-order chi connectivity index (χ1) is 9.53. The van der Waals surface area contributed by atoms with Gasteiger partial charge in [-0.25, -0.2) is 13.1 Å². The summed E-state index contributed by atoms with van der Waals surface area (Å²) < 4.78 is 32.6. The molecule has 0 saturated carbocycles. The third-order valence-corrected chi connectivity index (χ3v) is 4.94. The fourth-order valence-electron chi connectivity index (χ4n) is 2.29. The van der Waals surface area contributed by atoms with Crippen molar-refractivity contribution in [3.05, 3.63) is 29.3 Å². The summed E-state index contributed by atoms with van der Waals surface area (Å²) in [6, 6.07) is 5.21. The molecule has 1 saturated heterocycles. The van der Waals surface area contributed by atoms with E-state index < -0.39 is 10.0 Å². The van der Waals surface area contributed by atoms with E-state index in [2.05, 4.69) is 10.0 Å². The number of hydrogen-bond acceptors (Lipinski definition) is 4. The second-order valence-electron chi connectivity index (χ2n) is 5.11. The topological polar surface area (TPSA) is 67.4 Å². The molecule has 1 atom stereocenters. The Morgan fingerprint density at radius 2 is 2.20 bits per heavy atom. The van der Waals surface area contributed by atoms with Gasteiger partial charge in [-0.15, -0.1) is 0 Å². The number of hydrogen-bond donors (Lipinski definition) is 2.